The summed E-state index contributed by atoms with van der Waals surface area (Å²) >= 11 is 5.82. The topological polar surface area (TPSA) is 59.1 Å². The van der Waals surface area contributed by atoms with E-state index in [0.717, 1.165) is 0 Å². The van der Waals surface area contributed by atoms with Gasteiger partial charge in [0.1, 0.15) is 0 Å². The Morgan fingerprint density at radius 1 is 1.17 bits per heavy atom. The largest absolute Gasteiger partial charge is 0.276 e. The molecular weight excluding hydrogens is 272 g/mol. The number of aromatic nitrogens is 1. The van der Waals surface area contributed by atoms with E-state index in [-0.39, 0.29) is 15.7 Å². The zero-order chi connectivity index (χ0) is 13.2. The number of nitrogens with zero attached hydrogens (tertiary/aromatic N) is 1. The highest BCUT2D eigenvalue weighted by atomic mass is 35.5. The molecule has 2 aromatic rings. The van der Waals surface area contributed by atoms with Crippen molar-refractivity contribution in [3.63, 3.8) is 0 Å². The standard InChI is InChI=1S/C12H11ClN2O2S/c1-9-5-2-3-7-11(9)18(16,17)15-10-6-4-8-14-12(10)13/h2-8,15H,1H3. The lowest BCUT2D eigenvalue weighted by Crippen LogP contribution is -2.14. The molecule has 94 valence electrons. The average Bonchev–Trinajstić information content (AvgIpc) is 2.32. The molecule has 0 aliphatic rings. The molecule has 0 saturated carbocycles. The molecule has 0 amide bonds. The zero-order valence-corrected chi connectivity index (χ0v) is 11.2. The first-order valence-electron chi connectivity index (χ1n) is 5.20. The second kappa shape index (κ2) is 4.96. The van der Waals surface area contributed by atoms with Gasteiger partial charge in [-0.3, -0.25) is 4.72 Å². The maximum atomic E-state index is 12.2. The average molecular weight is 283 g/mol. The Hall–Kier alpha value is -1.59. The molecule has 0 aliphatic carbocycles. The summed E-state index contributed by atoms with van der Waals surface area (Å²) in [6, 6.07) is 9.91. The molecule has 1 heterocycles. The van der Waals surface area contributed by atoms with Gasteiger partial charge in [-0.15, -0.1) is 0 Å². The Bertz CT molecular complexity index is 671. The third kappa shape index (κ3) is 2.63. The monoisotopic (exact) mass is 282 g/mol. The van der Waals surface area contributed by atoms with Crippen molar-refractivity contribution >= 4 is 27.3 Å². The van der Waals surface area contributed by atoms with Crippen LogP contribution in [0.1, 0.15) is 5.56 Å². The fourth-order valence-electron chi connectivity index (χ4n) is 1.52. The van der Waals surface area contributed by atoms with Gasteiger partial charge >= 0.3 is 0 Å². The maximum Gasteiger partial charge on any atom is 0.262 e. The predicted octanol–water partition coefficient (Wildman–Crippen LogP) is 2.84. The van der Waals surface area contributed by atoms with Crippen molar-refractivity contribution in [3.05, 3.63) is 53.3 Å². The summed E-state index contributed by atoms with van der Waals surface area (Å²) in [7, 11) is -3.64. The fourth-order valence-corrected chi connectivity index (χ4v) is 3.06. The number of aryl methyl sites for hydroxylation is 1. The number of pyridine rings is 1. The normalized spacial score (nSPS) is 11.2. The third-order valence-electron chi connectivity index (χ3n) is 2.39. The number of benzene rings is 1. The number of nitrogens with one attached hydrogen (secondary N) is 1. The van der Waals surface area contributed by atoms with E-state index in [1.807, 2.05) is 0 Å². The van der Waals surface area contributed by atoms with Crippen molar-refractivity contribution < 1.29 is 8.42 Å². The molecule has 0 radical (unpaired) electrons. The molecule has 1 aromatic carbocycles. The van der Waals surface area contributed by atoms with Crippen LogP contribution < -0.4 is 4.72 Å². The van der Waals surface area contributed by atoms with Crippen molar-refractivity contribution in [2.45, 2.75) is 11.8 Å². The van der Waals surface area contributed by atoms with Crippen LogP contribution in [0.25, 0.3) is 0 Å². The van der Waals surface area contributed by atoms with Crippen LogP contribution in [0.4, 0.5) is 5.69 Å². The van der Waals surface area contributed by atoms with Gasteiger partial charge in [0, 0.05) is 6.20 Å². The van der Waals surface area contributed by atoms with Gasteiger partial charge in [0.25, 0.3) is 10.0 Å². The van der Waals surface area contributed by atoms with E-state index in [0.29, 0.717) is 5.56 Å². The molecular formula is C12H11ClN2O2S. The highest BCUT2D eigenvalue weighted by Gasteiger charge is 2.17. The van der Waals surface area contributed by atoms with Crippen molar-refractivity contribution in [3.8, 4) is 0 Å². The summed E-state index contributed by atoms with van der Waals surface area (Å²) in [4.78, 5) is 4.04. The molecule has 0 saturated heterocycles. The zero-order valence-electron chi connectivity index (χ0n) is 9.59. The van der Waals surface area contributed by atoms with Crippen molar-refractivity contribution in [2.24, 2.45) is 0 Å². The Balaban J connectivity index is 2.40. The summed E-state index contributed by atoms with van der Waals surface area (Å²) in [6.07, 6.45) is 1.49. The Labute approximate surface area is 111 Å². The number of hydrogen-bond acceptors (Lipinski definition) is 3. The van der Waals surface area contributed by atoms with E-state index in [4.69, 9.17) is 11.6 Å². The van der Waals surface area contributed by atoms with Crippen LogP contribution in [0.15, 0.2) is 47.5 Å². The summed E-state index contributed by atoms with van der Waals surface area (Å²) < 4.78 is 26.8. The highest BCUT2D eigenvalue weighted by molar-refractivity contribution is 7.92. The molecule has 0 atom stereocenters. The maximum absolute atomic E-state index is 12.2. The van der Waals surface area contributed by atoms with E-state index in [9.17, 15) is 8.42 Å². The molecule has 1 N–H and O–H groups in total. The van der Waals surface area contributed by atoms with E-state index < -0.39 is 10.0 Å². The van der Waals surface area contributed by atoms with Crippen LogP contribution in [-0.2, 0) is 10.0 Å². The fraction of sp³-hybridized carbons (Fsp3) is 0.0833. The van der Waals surface area contributed by atoms with Crippen LogP contribution in [-0.4, -0.2) is 13.4 Å². The Morgan fingerprint density at radius 2 is 1.89 bits per heavy atom. The second-order valence-corrected chi connectivity index (χ2v) is 5.72. The first kappa shape index (κ1) is 12.9. The first-order valence-corrected chi connectivity index (χ1v) is 7.06. The van der Waals surface area contributed by atoms with Gasteiger partial charge in [-0.25, -0.2) is 13.4 Å². The number of hydrogen-bond donors (Lipinski definition) is 1. The number of rotatable bonds is 3. The molecule has 0 spiro atoms. The first-order chi connectivity index (χ1) is 8.50. The number of halogens is 1. The lowest BCUT2D eigenvalue weighted by molar-refractivity contribution is 0.600. The van der Waals surface area contributed by atoms with E-state index in [2.05, 4.69) is 9.71 Å². The third-order valence-corrected chi connectivity index (χ3v) is 4.21. The van der Waals surface area contributed by atoms with Crippen molar-refractivity contribution in [2.75, 3.05) is 4.72 Å². The van der Waals surface area contributed by atoms with Gasteiger partial charge in [0.15, 0.2) is 5.15 Å². The van der Waals surface area contributed by atoms with Gasteiger partial charge < -0.3 is 0 Å². The lowest BCUT2D eigenvalue weighted by Gasteiger charge is -2.10. The molecule has 0 fully saturated rings. The molecule has 4 nitrogen and oxygen atoms in total. The Morgan fingerprint density at radius 3 is 2.56 bits per heavy atom. The minimum Gasteiger partial charge on any atom is -0.276 e. The second-order valence-electron chi connectivity index (χ2n) is 3.71. The molecule has 18 heavy (non-hydrogen) atoms. The quantitative estimate of drug-likeness (QED) is 0.881. The lowest BCUT2D eigenvalue weighted by atomic mass is 10.2. The Kier molecular flexibility index (Phi) is 3.54. The highest BCUT2D eigenvalue weighted by Crippen LogP contribution is 2.23. The van der Waals surface area contributed by atoms with E-state index in [1.165, 1.54) is 6.20 Å². The van der Waals surface area contributed by atoms with Gasteiger partial charge in [-0.2, -0.15) is 0 Å². The summed E-state index contributed by atoms with van der Waals surface area (Å²) in [5.74, 6) is 0. The SMILES string of the molecule is Cc1ccccc1S(=O)(=O)Nc1cccnc1Cl. The van der Waals surface area contributed by atoms with Gasteiger partial charge in [0.2, 0.25) is 0 Å². The summed E-state index contributed by atoms with van der Waals surface area (Å²) in [5, 5.41) is 0.120. The summed E-state index contributed by atoms with van der Waals surface area (Å²) in [5.41, 5.74) is 0.937. The van der Waals surface area contributed by atoms with Crippen LogP contribution in [0.3, 0.4) is 0 Å². The molecule has 0 unspecified atom stereocenters. The van der Waals surface area contributed by atoms with Gasteiger partial charge in [-0.05, 0) is 30.7 Å². The predicted molar refractivity (Wildman–Crippen MR) is 71.2 cm³/mol. The number of sulfonamides is 1. The number of anilines is 1. The minimum atomic E-state index is -3.64. The van der Waals surface area contributed by atoms with Gasteiger partial charge in [-0.1, -0.05) is 29.8 Å². The van der Waals surface area contributed by atoms with Crippen molar-refractivity contribution in [1.82, 2.24) is 4.98 Å². The summed E-state index contributed by atoms with van der Waals surface area (Å²) in [6.45, 7) is 1.74. The van der Waals surface area contributed by atoms with Crippen molar-refractivity contribution in [1.29, 1.82) is 0 Å². The molecule has 2 rings (SSSR count). The van der Waals surface area contributed by atoms with Gasteiger partial charge in [0.05, 0.1) is 10.6 Å². The van der Waals surface area contributed by atoms with Crippen LogP contribution in [0.5, 0.6) is 0 Å². The molecule has 0 bridgehead atoms. The van der Waals surface area contributed by atoms with E-state index >= 15 is 0 Å². The van der Waals surface area contributed by atoms with E-state index in [1.54, 1.807) is 43.3 Å². The van der Waals surface area contributed by atoms with Crippen LogP contribution >= 0.6 is 11.6 Å². The minimum absolute atomic E-state index is 0.120. The van der Waals surface area contributed by atoms with Crippen LogP contribution in [0, 0.1) is 6.92 Å². The smallest absolute Gasteiger partial charge is 0.262 e. The van der Waals surface area contributed by atoms with Crippen LogP contribution in [0.2, 0.25) is 5.15 Å². The molecule has 1 aromatic heterocycles. The molecule has 0 aliphatic heterocycles. The molecule has 6 heteroatoms.